The zero-order valence-corrected chi connectivity index (χ0v) is 14.2. The zero-order chi connectivity index (χ0) is 16.7. The lowest BCUT2D eigenvalue weighted by molar-refractivity contribution is 0.579. The van der Waals surface area contributed by atoms with E-state index in [9.17, 15) is 8.42 Å². The average Bonchev–Trinajstić information content (AvgIpc) is 2.97. The Balaban J connectivity index is 1.85. The highest BCUT2D eigenvalue weighted by molar-refractivity contribution is 7.89. The normalized spacial score (nSPS) is 11.6. The van der Waals surface area contributed by atoms with Gasteiger partial charge in [0, 0.05) is 25.4 Å². The fourth-order valence-corrected chi connectivity index (χ4v) is 3.14. The molecule has 2 aromatic heterocycles. The second kappa shape index (κ2) is 8.02. The Morgan fingerprint density at radius 3 is 2.78 bits per heavy atom. The van der Waals surface area contributed by atoms with Gasteiger partial charge in [0.25, 0.3) is 0 Å². The molecule has 126 valence electrons. The van der Waals surface area contributed by atoms with Crippen LogP contribution in [0.4, 0.5) is 5.82 Å². The van der Waals surface area contributed by atoms with Gasteiger partial charge in [-0.25, -0.2) is 27.8 Å². The summed E-state index contributed by atoms with van der Waals surface area (Å²) < 4.78 is 27.6. The highest BCUT2D eigenvalue weighted by Gasteiger charge is 2.08. The molecule has 0 amide bonds. The molecule has 0 radical (unpaired) electrons. The first-order chi connectivity index (χ1) is 11.0. The molecule has 0 aromatic carbocycles. The Labute approximate surface area is 136 Å². The van der Waals surface area contributed by atoms with Crippen LogP contribution in [0.25, 0.3) is 5.82 Å². The van der Waals surface area contributed by atoms with Crippen LogP contribution in [0, 0.1) is 6.92 Å². The molecule has 0 saturated carbocycles. The molecule has 0 aliphatic rings. The van der Waals surface area contributed by atoms with Gasteiger partial charge >= 0.3 is 0 Å². The van der Waals surface area contributed by atoms with Crippen LogP contribution in [-0.4, -0.2) is 47.0 Å². The van der Waals surface area contributed by atoms with Crippen molar-refractivity contribution in [2.45, 2.75) is 26.7 Å². The highest BCUT2D eigenvalue weighted by atomic mass is 32.2. The van der Waals surface area contributed by atoms with Gasteiger partial charge in [-0.05, 0) is 19.4 Å². The van der Waals surface area contributed by atoms with Crippen LogP contribution in [0.15, 0.2) is 24.7 Å². The van der Waals surface area contributed by atoms with E-state index >= 15 is 0 Å². The van der Waals surface area contributed by atoms with Crippen LogP contribution in [-0.2, 0) is 10.0 Å². The van der Waals surface area contributed by atoms with Gasteiger partial charge in [0.2, 0.25) is 10.0 Å². The quantitative estimate of drug-likeness (QED) is 0.664. The molecule has 0 aliphatic carbocycles. The summed E-state index contributed by atoms with van der Waals surface area (Å²) in [7, 11) is -3.18. The topological polar surface area (TPSA) is 102 Å². The largest absolute Gasteiger partial charge is 0.369 e. The van der Waals surface area contributed by atoms with E-state index in [1.807, 2.05) is 26.1 Å². The van der Waals surface area contributed by atoms with E-state index in [-0.39, 0.29) is 5.75 Å². The fraction of sp³-hybridized carbons (Fsp3) is 0.500. The molecule has 0 unspecified atom stereocenters. The highest BCUT2D eigenvalue weighted by Crippen LogP contribution is 2.08. The van der Waals surface area contributed by atoms with Gasteiger partial charge in [0.15, 0.2) is 5.82 Å². The number of rotatable bonds is 9. The maximum atomic E-state index is 11.7. The third-order valence-corrected chi connectivity index (χ3v) is 4.60. The standard InChI is InChI=1S/C14H22N6O2S/c1-3-4-9-23(21,22)18-7-6-15-13-10-14(17-11-16-13)20-8-5-12(2)19-20/h5,8,10-11,18H,3-4,6-7,9H2,1-2H3,(H,15,16,17). The molecule has 0 fully saturated rings. The number of hydrogen-bond donors (Lipinski definition) is 2. The molecule has 2 rings (SSSR count). The molecule has 0 saturated heterocycles. The first-order valence-electron chi connectivity index (χ1n) is 7.56. The lowest BCUT2D eigenvalue weighted by atomic mass is 10.4. The van der Waals surface area contributed by atoms with Gasteiger partial charge in [-0.2, -0.15) is 5.10 Å². The Bertz CT molecular complexity index is 728. The second-order valence-corrected chi connectivity index (χ2v) is 7.08. The van der Waals surface area contributed by atoms with E-state index in [0.29, 0.717) is 31.1 Å². The number of nitrogens with one attached hydrogen (secondary N) is 2. The SMILES string of the molecule is CCCCS(=O)(=O)NCCNc1cc(-n2ccc(C)n2)ncn1. The molecule has 0 bridgehead atoms. The van der Waals surface area contributed by atoms with Gasteiger partial charge in [0.1, 0.15) is 12.1 Å². The number of unbranched alkanes of at least 4 members (excludes halogenated alkanes) is 1. The molecular formula is C14H22N6O2S. The van der Waals surface area contributed by atoms with Crippen molar-refractivity contribution in [2.24, 2.45) is 0 Å². The van der Waals surface area contributed by atoms with Gasteiger partial charge in [0.05, 0.1) is 11.4 Å². The van der Waals surface area contributed by atoms with Crippen molar-refractivity contribution >= 4 is 15.8 Å². The summed E-state index contributed by atoms with van der Waals surface area (Å²) in [6.45, 7) is 4.62. The monoisotopic (exact) mass is 338 g/mol. The lowest BCUT2D eigenvalue weighted by Gasteiger charge is -2.08. The van der Waals surface area contributed by atoms with E-state index in [1.54, 1.807) is 10.7 Å². The lowest BCUT2D eigenvalue weighted by Crippen LogP contribution is -2.31. The van der Waals surface area contributed by atoms with Crippen LogP contribution < -0.4 is 10.0 Å². The Morgan fingerprint density at radius 2 is 2.09 bits per heavy atom. The van der Waals surface area contributed by atoms with Crippen LogP contribution in [0.5, 0.6) is 0 Å². The summed E-state index contributed by atoms with van der Waals surface area (Å²) in [5.74, 6) is 1.44. The van der Waals surface area contributed by atoms with Crippen LogP contribution in [0.3, 0.4) is 0 Å². The number of aryl methyl sites for hydroxylation is 1. The van der Waals surface area contributed by atoms with Crippen LogP contribution >= 0.6 is 0 Å². The number of anilines is 1. The molecular weight excluding hydrogens is 316 g/mol. The van der Waals surface area contributed by atoms with E-state index in [4.69, 9.17) is 0 Å². The zero-order valence-electron chi connectivity index (χ0n) is 13.4. The predicted octanol–water partition coefficient (Wildman–Crippen LogP) is 1.10. The number of nitrogens with zero attached hydrogens (tertiary/aromatic N) is 4. The summed E-state index contributed by atoms with van der Waals surface area (Å²) in [5, 5.41) is 7.36. The maximum Gasteiger partial charge on any atom is 0.211 e. The van der Waals surface area contributed by atoms with Gasteiger partial charge < -0.3 is 5.32 Å². The summed E-state index contributed by atoms with van der Waals surface area (Å²) >= 11 is 0. The van der Waals surface area contributed by atoms with Gasteiger partial charge in [-0.3, -0.25) is 0 Å². The third kappa shape index (κ3) is 5.61. The maximum absolute atomic E-state index is 11.7. The number of sulfonamides is 1. The Morgan fingerprint density at radius 1 is 1.26 bits per heavy atom. The number of hydrogen-bond acceptors (Lipinski definition) is 6. The average molecular weight is 338 g/mol. The molecule has 2 heterocycles. The molecule has 0 atom stereocenters. The Kier molecular flexibility index (Phi) is 6.05. The van der Waals surface area contributed by atoms with Crippen molar-refractivity contribution in [3.8, 4) is 5.82 Å². The first kappa shape index (κ1) is 17.4. The molecule has 0 aliphatic heterocycles. The van der Waals surface area contributed by atoms with Gasteiger partial charge in [-0.15, -0.1) is 0 Å². The van der Waals surface area contributed by atoms with Gasteiger partial charge in [-0.1, -0.05) is 13.3 Å². The van der Waals surface area contributed by atoms with Crippen molar-refractivity contribution in [1.82, 2.24) is 24.5 Å². The fourth-order valence-electron chi connectivity index (χ4n) is 1.92. The minimum Gasteiger partial charge on any atom is -0.369 e. The Hall–Kier alpha value is -2.00. The van der Waals surface area contributed by atoms with Crippen molar-refractivity contribution < 1.29 is 8.42 Å². The van der Waals surface area contributed by atoms with Crippen molar-refractivity contribution in [3.05, 3.63) is 30.4 Å². The summed E-state index contributed by atoms with van der Waals surface area (Å²) in [6.07, 6.45) is 4.79. The van der Waals surface area contributed by atoms with Crippen molar-refractivity contribution in [2.75, 3.05) is 24.2 Å². The minimum absolute atomic E-state index is 0.166. The molecule has 8 nitrogen and oxygen atoms in total. The van der Waals surface area contributed by atoms with Crippen LogP contribution in [0.2, 0.25) is 0 Å². The molecule has 2 aromatic rings. The molecule has 9 heteroatoms. The minimum atomic E-state index is -3.18. The van der Waals surface area contributed by atoms with E-state index in [0.717, 1.165) is 12.1 Å². The van der Waals surface area contributed by atoms with E-state index < -0.39 is 10.0 Å². The number of aromatic nitrogens is 4. The summed E-state index contributed by atoms with van der Waals surface area (Å²) in [6, 6.07) is 3.65. The van der Waals surface area contributed by atoms with Crippen molar-refractivity contribution in [3.63, 3.8) is 0 Å². The third-order valence-electron chi connectivity index (χ3n) is 3.13. The molecule has 0 spiro atoms. The summed E-state index contributed by atoms with van der Waals surface area (Å²) in [4.78, 5) is 8.28. The van der Waals surface area contributed by atoms with Crippen molar-refractivity contribution in [1.29, 1.82) is 0 Å². The van der Waals surface area contributed by atoms with E-state index in [1.165, 1.54) is 6.33 Å². The predicted molar refractivity (Wildman–Crippen MR) is 89.1 cm³/mol. The smallest absolute Gasteiger partial charge is 0.211 e. The molecule has 2 N–H and O–H groups in total. The van der Waals surface area contributed by atoms with Crippen LogP contribution in [0.1, 0.15) is 25.5 Å². The van der Waals surface area contributed by atoms with E-state index in [2.05, 4.69) is 25.1 Å². The summed E-state index contributed by atoms with van der Waals surface area (Å²) in [5.41, 5.74) is 0.902. The first-order valence-corrected chi connectivity index (χ1v) is 9.21. The molecule has 23 heavy (non-hydrogen) atoms. The second-order valence-electron chi connectivity index (χ2n) is 5.16.